The average molecular weight is 960 g/mol. The molecule has 69 heavy (non-hydrogen) atoms. The highest BCUT2D eigenvalue weighted by molar-refractivity contribution is 5.92. The van der Waals surface area contributed by atoms with Crippen molar-refractivity contribution in [1.29, 1.82) is 0 Å². The van der Waals surface area contributed by atoms with Crippen LogP contribution in [0.3, 0.4) is 0 Å². The summed E-state index contributed by atoms with van der Waals surface area (Å²) in [5.41, 5.74) is 7.16. The highest BCUT2D eigenvalue weighted by Gasteiger charge is 2.41. The molecule has 2 fully saturated rings. The van der Waals surface area contributed by atoms with Gasteiger partial charge in [-0.2, -0.15) is 0 Å². The van der Waals surface area contributed by atoms with Crippen molar-refractivity contribution >= 4 is 23.4 Å². The van der Waals surface area contributed by atoms with E-state index in [1.165, 1.54) is 70.8 Å². The van der Waals surface area contributed by atoms with Crippen LogP contribution < -0.4 is 5.32 Å². The molecule has 0 aromatic heterocycles. The van der Waals surface area contributed by atoms with Crippen molar-refractivity contribution in [2.45, 2.75) is 239 Å². The number of allylic oxidation sites excluding steroid dienone is 8. The van der Waals surface area contributed by atoms with E-state index in [0.717, 1.165) is 101 Å². The Bertz CT molecular complexity index is 1800. The summed E-state index contributed by atoms with van der Waals surface area (Å²) in [5, 5.41) is 11.9. The number of nitrogens with one attached hydrogen (secondary N) is 1. The van der Waals surface area contributed by atoms with Gasteiger partial charge in [-0.15, -0.1) is 0 Å². The molecule has 2 saturated carbocycles. The zero-order valence-electron chi connectivity index (χ0n) is 48.2. The number of aliphatic imine (C=N–C) groups is 1. The van der Waals surface area contributed by atoms with Crippen molar-refractivity contribution in [1.82, 2.24) is 5.32 Å². The van der Waals surface area contributed by atoms with Crippen molar-refractivity contribution in [2.75, 3.05) is 0 Å². The van der Waals surface area contributed by atoms with E-state index in [0.29, 0.717) is 11.5 Å². The highest BCUT2D eigenvalue weighted by atomic mass is 19.1. The number of ketones is 2. The molecule has 1 aromatic rings. The summed E-state index contributed by atoms with van der Waals surface area (Å²) in [6.45, 7) is 47.1. The first-order valence-corrected chi connectivity index (χ1v) is 27.3. The Kier molecular flexibility index (Phi) is 35.5. The molecule has 0 heterocycles. The lowest BCUT2D eigenvalue weighted by atomic mass is 9.66. The smallest absolute Gasteiger partial charge is 0.163 e. The molecule has 0 aliphatic heterocycles. The summed E-state index contributed by atoms with van der Waals surface area (Å²) in [4.78, 5) is 29.1. The van der Waals surface area contributed by atoms with E-state index in [4.69, 9.17) is 10.1 Å². The summed E-state index contributed by atoms with van der Waals surface area (Å²) >= 11 is 0. The number of hydrogen-bond donors (Lipinski definition) is 2. The minimum Gasteiger partial charge on any atom is -0.386 e. The third kappa shape index (κ3) is 25.4. The molecule has 0 spiro atoms. The van der Waals surface area contributed by atoms with Gasteiger partial charge in [-0.1, -0.05) is 173 Å². The van der Waals surface area contributed by atoms with E-state index in [2.05, 4.69) is 106 Å². The number of unbranched alkanes of at least 4 members (excludes halogenated alkanes) is 1. The number of aryl methyl sites for hydroxylation is 1. The standard InChI is InChI=1S/C36H51FN2O.C9H18.C7H14O2.C7H14.C4H10/c1-12-17-33(32(37)16-5)39-29(11)28(10)34(38-22-15-4)24-26(8)30-18-19-31(27(9)23-30)36(20-13-2,21-14-3)35(40)25(6)7;1-3-5-6-9(4-2)7-8-9;1-4-5(2)7(9)6(3)8;1-3-7-4-6(2)5-7;1-4(2)3/h12,16-19,22-25,39H,5,8,13-15,20-21H2,1-4,6-7,9-11H3;3-8H2,1-2H3;5-6,8H,4H2,1-3H3;6-7H,3-5H2,1-2H3;4H,1-3H3/b17-12-,29-28+,33-32-,34-24+,38-22?;;;;. The van der Waals surface area contributed by atoms with E-state index >= 15 is 0 Å². The molecule has 0 radical (unpaired) electrons. The van der Waals surface area contributed by atoms with Crippen LogP contribution in [0.4, 0.5) is 4.39 Å². The van der Waals surface area contributed by atoms with E-state index in [-0.39, 0.29) is 17.6 Å². The van der Waals surface area contributed by atoms with Crippen molar-refractivity contribution in [3.63, 3.8) is 0 Å². The van der Waals surface area contributed by atoms with Crippen molar-refractivity contribution in [3.05, 3.63) is 101 Å². The van der Waals surface area contributed by atoms with Gasteiger partial charge in [0.1, 0.15) is 17.7 Å². The van der Waals surface area contributed by atoms with Gasteiger partial charge in [-0.05, 0) is 162 Å². The topological polar surface area (TPSA) is 78.8 Å². The van der Waals surface area contributed by atoms with E-state index < -0.39 is 17.3 Å². The van der Waals surface area contributed by atoms with Crippen molar-refractivity contribution < 1.29 is 19.1 Å². The lowest BCUT2D eigenvalue weighted by molar-refractivity contribution is -0.130. The summed E-state index contributed by atoms with van der Waals surface area (Å²) in [6, 6.07) is 6.35. The Morgan fingerprint density at radius 2 is 1.52 bits per heavy atom. The van der Waals surface area contributed by atoms with Crippen LogP contribution in [0.2, 0.25) is 0 Å². The molecule has 2 unspecified atom stereocenters. The Labute approximate surface area is 426 Å². The number of rotatable bonds is 24. The zero-order valence-corrected chi connectivity index (χ0v) is 48.2. The molecule has 0 saturated heterocycles. The number of carbonyl (C=O) groups excluding carboxylic acids is 2. The Morgan fingerprint density at radius 3 is 1.87 bits per heavy atom. The molecule has 5 nitrogen and oxygen atoms in total. The van der Waals surface area contributed by atoms with Crippen LogP contribution in [0, 0.1) is 41.9 Å². The maximum Gasteiger partial charge on any atom is 0.163 e. The third-order valence-corrected chi connectivity index (χ3v) is 13.6. The molecule has 1 aromatic carbocycles. The minimum atomic E-state index is -0.792. The first kappa shape index (κ1) is 67.4. The van der Waals surface area contributed by atoms with E-state index in [1.54, 1.807) is 12.2 Å². The van der Waals surface area contributed by atoms with Crippen LogP contribution in [0.5, 0.6) is 0 Å². The van der Waals surface area contributed by atoms with Crippen LogP contribution >= 0.6 is 0 Å². The molecule has 394 valence electrons. The molecule has 0 amide bonds. The third-order valence-electron chi connectivity index (χ3n) is 13.6. The van der Waals surface area contributed by atoms with Gasteiger partial charge in [0.2, 0.25) is 0 Å². The molecule has 2 N–H and O–H groups in total. The maximum absolute atomic E-state index is 14.3. The first-order valence-electron chi connectivity index (χ1n) is 27.3. The number of Topliss-reactive ketones (excluding diaryl/α,β-unsaturated/α-hetero) is 2. The van der Waals surface area contributed by atoms with E-state index in [9.17, 15) is 14.0 Å². The average Bonchev–Trinajstić information content (AvgIpc) is 4.10. The van der Waals surface area contributed by atoms with Crippen LogP contribution in [-0.4, -0.2) is 29.0 Å². The molecular weight excluding hydrogens is 852 g/mol. The monoisotopic (exact) mass is 959 g/mol. The maximum atomic E-state index is 14.3. The first-order chi connectivity index (χ1) is 32.4. The van der Waals surface area contributed by atoms with Crippen LogP contribution in [0.25, 0.3) is 5.57 Å². The SMILES string of the molecule is C=C/C(F)=C(\C=C/C)N/C(C)=C(C)/C(=C\C(=C)c1ccc(C(CCC)(CCC)C(=O)C(C)C)c(C)c1)N=CCC.CC(C)C.CCC(C)C(=O)C(C)O.CCC1CC(C)C1.CCCCC1(CC)CC1. The summed E-state index contributed by atoms with van der Waals surface area (Å²) in [6.07, 6.45) is 26.1. The van der Waals surface area contributed by atoms with Crippen molar-refractivity contribution in [3.8, 4) is 0 Å². The van der Waals surface area contributed by atoms with Crippen LogP contribution in [0.15, 0.2) is 89.1 Å². The lowest BCUT2D eigenvalue weighted by Gasteiger charge is -2.36. The summed E-state index contributed by atoms with van der Waals surface area (Å²) in [5.74, 6) is 2.79. The predicted molar refractivity (Wildman–Crippen MR) is 303 cm³/mol. The van der Waals surface area contributed by atoms with Gasteiger partial charge >= 0.3 is 0 Å². The van der Waals surface area contributed by atoms with E-state index in [1.807, 2.05) is 67.7 Å². The molecule has 6 heteroatoms. The fourth-order valence-corrected chi connectivity index (χ4v) is 8.73. The molecule has 0 bridgehead atoms. The second-order valence-electron chi connectivity index (χ2n) is 21.2. The molecule has 2 atom stereocenters. The predicted octanol–water partition coefficient (Wildman–Crippen LogP) is 18.7. The largest absolute Gasteiger partial charge is 0.386 e. The van der Waals surface area contributed by atoms with Crippen molar-refractivity contribution in [2.24, 2.45) is 40.0 Å². The second-order valence-corrected chi connectivity index (χ2v) is 21.2. The van der Waals surface area contributed by atoms with Gasteiger partial charge in [0.25, 0.3) is 0 Å². The van der Waals surface area contributed by atoms with Gasteiger partial charge in [-0.25, -0.2) is 4.39 Å². The minimum absolute atomic E-state index is 0.00463. The van der Waals surface area contributed by atoms with Gasteiger partial charge < -0.3 is 10.4 Å². The second kappa shape index (κ2) is 36.3. The molecule has 2 aliphatic rings. The van der Waals surface area contributed by atoms with Crippen LogP contribution in [0.1, 0.15) is 238 Å². The highest BCUT2D eigenvalue weighted by Crippen LogP contribution is 2.52. The summed E-state index contributed by atoms with van der Waals surface area (Å²) in [7, 11) is 0. The Balaban J connectivity index is 0. The van der Waals surface area contributed by atoms with Gasteiger partial charge in [-0.3, -0.25) is 14.6 Å². The molecule has 3 rings (SSSR count). The fourth-order valence-electron chi connectivity index (χ4n) is 8.73. The number of aliphatic hydroxyl groups is 1. The van der Waals surface area contributed by atoms with Gasteiger partial charge in [0.05, 0.1) is 16.8 Å². The molecule has 2 aliphatic carbocycles. The number of aliphatic hydroxyl groups excluding tert-OH is 1. The lowest BCUT2D eigenvalue weighted by Crippen LogP contribution is -2.39. The number of carbonyl (C=O) groups is 2. The Hall–Kier alpha value is -3.64. The number of halogens is 1. The number of nitrogens with zero attached hydrogens (tertiary/aromatic N) is 1. The number of hydrogen-bond acceptors (Lipinski definition) is 5. The number of benzene rings is 1. The Morgan fingerprint density at radius 1 is 0.957 bits per heavy atom. The van der Waals surface area contributed by atoms with Gasteiger partial charge in [0.15, 0.2) is 5.78 Å². The quantitative estimate of drug-likeness (QED) is 0.0799. The van der Waals surface area contributed by atoms with Crippen LogP contribution in [-0.2, 0) is 15.0 Å². The van der Waals surface area contributed by atoms with Gasteiger partial charge in [0, 0.05) is 23.7 Å². The zero-order chi connectivity index (χ0) is 53.5. The summed E-state index contributed by atoms with van der Waals surface area (Å²) < 4.78 is 14.3. The fraction of sp³-hybridized carbons (Fsp3) is 0.667. The molecular formula is C63H107FN2O3. The normalized spacial score (nSPS) is 17.8.